The van der Waals surface area contributed by atoms with Crippen molar-refractivity contribution in [2.24, 2.45) is 16.8 Å². The number of aromatic nitrogens is 1. The molecular formula is C17H22N4O2. The Morgan fingerprint density at radius 2 is 2.22 bits per heavy atom. The first-order valence-electron chi connectivity index (χ1n) is 7.58. The summed E-state index contributed by atoms with van der Waals surface area (Å²) in [5.41, 5.74) is 9.78. The molecule has 0 bridgehead atoms. The van der Waals surface area contributed by atoms with Gasteiger partial charge in [0.05, 0.1) is 30.6 Å². The summed E-state index contributed by atoms with van der Waals surface area (Å²) in [6.45, 7) is 3.93. The van der Waals surface area contributed by atoms with E-state index in [9.17, 15) is 4.79 Å². The number of fused-ring (bicyclic) bond motifs is 1. The quantitative estimate of drug-likeness (QED) is 0.631. The highest BCUT2D eigenvalue weighted by molar-refractivity contribution is 5.87. The maximum atomic E-state index is 11.8. The molecule has 6 heteroatoms. The zero-order valence-electron chi connectivity index (χ0n) is 13.6. The molecule has 0 aliphatic heterocycles. The van der Waals surface area contributed by atoms with Crippen molar-refractivity contribution in [3.05, 3.63) is 36.0 Å². The van der Waals surface area contributed by atoms with Crippen LogP contribution in [0.4, 0.5) is 0 Å². The number of hydrogen-bond donors (Lipinski definition) is 2. The summed E-state index contributed by atoms with van der Waals surface area (Å²) in [6.07, 6.45) is 2.35. The molecule has 2 rings (SSSR count). The van der Waals surface area contributed by atoms with Gasteiger partial charge >= 0.3 is 0 Å². The van der Waals surface area contributed by atoms with E-state index >= 15 is 0 Å². The maximum absolute atomic E-state index is 11.8. The highest BCUT2D eigenvalue weighted by Gasteiger charge is 2.18. The molecule has 1 heterocycles. The third-order valence-electron chi connectivity index (χ3n) is 3.85. The van der Waals surface area contributed by atoms with E-state index in [0.29, 0.717) is 5.69 Å². The van der Waals surface area contributed by atoms with Gasteiger partial charge in [-0.2, -0.15) is 5.10 Å². The number of nitrogens with zero attached hydrogens (tertiary/aromatic N) is 2. The van der Waals surface area contributed by atoms with E-state index in [1.807, 2.05) is 44.2 Å². The summed E-state index contributed by atoms with van der Waals surface area (Å²) in [7, 11) is 1.63. The molecule has 1 aromatic carbocycles. The Morgan fingerprint density at radius 3 is 2.91 bits per heavy atom. The molecule has 3 N–H and O–H groups in total. The first-order valence-corrected chi connectivity index (χ1v) is 7.58. The van der Waals surface area contributed by atoms with Crippen LogP contribution in [-0.2, 0) is 4.79 Å². The van der Waals surface area contributed by atoms with Gasteiger partial charge in [-0.25, -0.2) is 10.4 Å². The number of carbonyl (C=O) groups excluding carboxylic acids is 1. The van der Waals surface area contributed by atoms with Crippen LogP contribution in [0.5, 0.6) is 5.75 Å². The minimum absolute atomic E-state index is 0.110. The Hall–Kier alpha value is -2.47. The summed E-state index contributed by atoms with van der Waals surface area (Å²) in [4.78, 5) is 16.3. The second-order valence-corrected chi connectivity index (χ2v) is 5.44. The monoisotopic (exact) mass is 314 g/mol. The van der Waals surface area contributed by atoms with Crippen LogP contribution >= 0.6 is 0 Å². The summed E-state index contributed by atoms with van der Waals surface area (Å²) in [5.74, 6) is 0.604. The number of benzene rings is 1. The summed E-state index contributed by atoms with van der Waals surface area (Å²) >= 11 is 0. The van der Waals surface area contributed by atoms with Crippen molar-refractivity contribution in [3.8, 4) is 5.75 Å². The van der Waals surface area contributed by atoms with Crippen molar-refractivity contribution in [1.82, 2.24) is 10.4 Å². The molecule has 6 nitrogen and oxygen atoms in total. The Labute approximate surface area is 135 Å². The average Bonchev–Trinajstić information content (AvgIpc) is 2.59. The number of nitrogens with one attached hydrogen (secondary N) is 1. The summed E-state index contributed by atoms with van der Waals surface area (Å²) in [6, 6.07) is 8.84. The van der Waals surface area contributed by atoms with Gasteiger partial charge in [-0.3, -0.25) is 4.79 Å². The molecule has 1 amide bonds. The molecule has 0 saturated carbocycles. The van der Waals surface area contributed by atoms with Crippen molar-refractivity contribution in [3.63, 3.8) is 0 Å². The van der Waals surface area contributed by atoms with Gasteiger partial charge in [0, 0.05) is 5.39 Å². The van der Waals surface area contributed by atoms with Crippen LogP contribution in [0, 0.1) is 5.92 Å². The molecule has 0 aliphatic rings. The maximum Gasteiger partial charge on any atom is 0.257 e. The first kappa shape index (κ1) is 16.9. The average molecular weight is 314 g/mol. The molecule has 0 aliphatic carbocycles. The molecule has 2 atom stereocenters. The van der Waals surface area contributed by atoms with Crippen molar-refractivity contribution in [1.29, 1.82) is 0 Å². The highest BCUT2D eigenvalue weighted by Crippen LogP contribution is 2.19. The third kappa shape index (κ3) is 4.26. The molecule has 0 saturated heterocycles. The van der Waals surface area contributed by atoms with E-state index in [1.54, 1.807) is 7.11 Å². The Bertz CT molecular complexity index is 715. The second-order valence-electron chi connectivity index (χ2n) is 5.44. The van der Waals surface area contributed by atoms with E-state index < -0.39 is 6.04 Å². The van der Waals surface area contributed by atoms with Crippen molar-refractivity contribution in [2.75, 3.05) is 7.11 Å². The molecule has 0 spiro atoms. The van der Waals surface area contributed by atoms with E-state index in [0.717, 1.165) is 23.1 Å². The topological polar surface area (TPSA) is 89.6 Å². The zero-order valence-corrected chi connectivity index (χ0v) is 13.6. The van der Waals surface area contributed by atoms with Crippen molar-refractivity contribution >= 4 is 23.0 Å². The smallest absolute Gasteiger partial charge is 0.257 e. The number of ether oxygens (including phenoxy) is 1. The number of pyridine rings is 1. The molecule has 23 heavy (non-hydrogen) atoms. The van der Waals surface area contributed by atoms with Gasteiger partial charge in [0.25, 0.3) is 5.91 Å². The third-order valence-corrected chi connectivity index (χ3v) is 3.85. The fourth-order valence-corrected chi connectivity index (χ4v) is 2.07. The molecule has 1 aromatic heterocycles. The van der Waals surface area contributed by atoms with Gasteiger partial charge in [-0.15, -0.1) is 0 Å². The Kier molecular flexibility index (Phi) is 5.65. The number of amides is 1. The van der Waals surface area contributed by atoms with Gasteiger partial charge in [-0.05, 0) is 30.2 Å². The van der Waals surface area contributed by atoms with Crippen LogP contribution in [-0.4, -0.2) is 30.3 Å². The number of methoxy groups -OCH3 is 1. The predicted molar refractivity (Wildman–Crippen MR) is 91.5 cm³/mol. The van der Waals surface area contributed by atoms with Crippen LogP contribution in [0.3, 0.4) is 0 Å². The molecule has 122 valence electrons. The lowest BCUT2D eigenvalue weighted by atomic mass is 10.00. The number of hydrogen-bond acceptors (Lipinski definition) is 5. The largest absolute Gasteiger partial charge is 0.497 e. The van der Waals surface area contributed by atoms with Crippen LogP contribution < -0.4 is 15.9 Å². The van der Waals surface area contributed by atoms with Crippen LogP contribution in [0.25, 0.3) is 10.9 Å². The van der Waals surface area contributed by atoms with Gasteiger partial charge < -0.3 is 10.5 Å². The van der Waals surface area contributed by atoms with Crippen LogP contribution in [0.1, 0.15) is 26.0 Å². The lowest BCUT2D eigenvalue weighted by Gasteiger charge is -2.15. The fraction of sp³-hybridized carbons (Fsp3) is 0.353. The molecule has 0 fully saturated rings. The van der Waals surface area contributed by atoms with Crippen molar-refractivity contribution in [2.45, 2.75) is 26.3 Å². The van der Waals surface area contributed by atoms with E-state index in [1.165, 1.54) is 6.21 Å². The second kappa shape index (κ2) is 7.69. The van der Waals surface area contributed by atoms with E-state index in [2.05, 4.69) is 15.5 Å². The lowest BCUT2D eigenvalue weighted by molar-refractivity contribution is -0.123. The first-order chi connectivity index (χ1) is 11.0. The Balaban J connectivity index is 2.05. The molecule has 2 aromatic rings. The lowest BCUT2D eigenvalue weighted by Crippen LogP contribution is -2.42. The molecular weight excluding hydrogens is 292 g/mol. The van der Waals surface area contributed by atoms with Crippen LogP contribution in [0.2, 0.25) is 0 Å². The van der Waals surface area contributed by atoms with Gasteiger partial charge in [0.1, 0.15) is 5.75 Å². The molecule has 0 radical (unpaired) electrons. The highest BCUT2D eigenvalue weighted by atomic mass is 16.5. The minimum atomic E-state index is -0.561. The van der Waals surface area contributed by atoms with Gasteiger partial charge in [-0.1, -0.05) is 26.3 Å². The standard InChI is InChI=1S/C17H22N4O2/c1-4-11(2)16(18)17(22)21-19-10-13-6-5-12-9-14(23-3)7-8-15(12)20-13/h5-11,16H,4,18H2,1-3H3,(H,21,22). The number of carbonyl (C=O) groups is 1. The predicted octanol–water partition coefficient (Wildman–Crippen LogP) is 2.07. The van der Waals surface area contributed by atoms with Crippen molar-refractivity contribution < 1.29 is 9.53 Å². The number of hydrazone groups is 1. The normalized spacial score (nSPS) is 13.9. The Morgan fingerprint density at radius 1 is 1.43 bits per heavy atom. The fourth-order valence-electron chi connectivity index (χ4n) is 2.07. The molecule has 2 unspecified atom stereocenters. The SMILES string of the molecule is CCC(C)C(N)C(=O)NN=Cc1ccc2cc(OC)ccc2n1. The van der Waals surface area contributed by atoms with E-state index in [-0.39, 0.29) is 11.8 Å². The van der Waals surface area contributed by atoms with E-state index in [4.69, 9.17) is 10.5 Å². The van der Waals surface area contributed by atoms with Gasteiger partial charge in [0.2, 0.25) is 0 Å². The van der Waals surface area contributed by atoms with Crippen LogP contribution in [0.15, 0.2) is 35.4 Å². The summed E-state index contributed by atoms with van der Waals surface area (Å²) in [5, 5.41) is 4.90. The summed E-state index contributed by atoms with van der Waals surface area (Å²) < 4.78 is 5.18. The number of nitrogens with two attached hydrogens (primary N) is 1. The van der Waals surface area contributed by atoms with Gasteiger partial charge in [0.15, 0.2) is 0 Å². The zero-order chi connectivity index (χ0) is 16.8. The minimum Gasteiger partial charge on any atom is -0.497 e. The number of rotatable bonds is 6.